The molecule has 2 aromatic rings. The van der Waals surface area contributed by atoms with Crippen molar-refractivity contribution in [1.82, 2.24) is 10.2 Å². The summed E-state index contributed by atoms with van der Waals surface area (Å²) in [4.78, 5) is 27.1. The number of rotatable bonds is 9. The van der Waals surface area contributed by atoms with E-state index in [9.17, 15) is 9.59 Å². The number of likely N-dealkylation sites (N-methyl/N-ethyl adjacent to an activating group) is 1. The van der Waals surface area contributed by atoms with Crippen LogP contribution in [0.3, 0.4) is 0 Å². The number of nitrogens with one attached hydrogen (secondary N) is 1. The summed E-state index contributed by atoms with van der Waals surface area (Å²) in [6, 6.07) is 16.7. The third-order valence-corrected chi connectivity index (χ3v) is 4.38. The van der Waals surface area contributed by atoms with Gasteiger partial charge in [0.2, 0.25) is 5.91 Å². The molecule has 0 radical (unpaired) electrons. The molecule has 2 amide bonds. The SMILES string of the molecule is CCNC(=O)C(CC)N(Cc1ccccc1)C(=O)COc1ccccc1C. The van der Waals surface area contributed by atoms with Crippen molar-refractivity contribution in [2.45, 2.75) is 39.8 Å². The lowest BCUT2D eigenvalue weighted by Gasteiger charge is -2.30. The van der Waals surface area contributed by atoms with E-state index >= 15 is 0 Å². The molecule has 1 atom stereocenters. The molecule has 0 saturated carbocycles. The maximum atomic E-state index is 13.0. The van der Waals surface area contributed by atoms with E-state index in [1.807, 2.05) is 75.4 Å². The fourth-order valence-electron chi connectivity index (χ4n) is 2.93. The normalized spacial score (nSPS) is 11.5. The average Bonchev–Trinajstić information content (AvgIpc) is 2.68. The molecule has 0 aliphatic rings. The molecule has 2 aromatic carbocycles. The Hall–Kier alpha value is -2.82. The molecule has 5 heteroatoms. The van der Waals surface area contributed by atoms with Gasteiger partial charge in [0, 0.05) is 13.1 Å². The van der Waals surface area contributed by atoms with Gasteiger partial charge in [0.1, 0.15) is 11.8 Å². The quantitative estimate of drug-likeness (QED) is 0.739. The first-order valence-corrected chi connectivity index (χ1v) is 9.36. The van der Waals surface area contributed by atoms with Crippen molar-refractivity contribution in [2.75, 3.05) is 13.2 Å². The molecule has 5 nitrogen and oxygen atoms in total. The van der Waals surface area contributed by atoms with Gasteiger partial charge >= 0.3 is 0 Å². The first kappa shape index (κ1) is 20.5. The number of hydrogen-bond acceptors (Lipinski definition) is 3. The smallest absolute Gasteiger partial charge is 0.261 e. The van der Waals surface area contributed by atoms with Crippen molar-refractivity contribution in [3.8, 4) is 5.75 Å². The summed E-state index contributed by atoms with van der Waals surface area (Å²) in [5.74, 6) is 0.331. The number of aryl methyl sites for hydroxylation is 1. The van der Waals surface area contributed by atoms with Gasteiger partial charge in [-0.15, -0.1) is 0 Å². The number of carbonyl (C=O) groups is 2. The van der Waals surface area contributed by atoms with Gasteiger partial charge in [-0.1, -0.05) is 55.5 Å². The minimum atomic E-state index is -0.530. The number of para-hydroxylation sites is 1. The van der Waals surface area contributed by atoms with Crippen molar-refractivity contribution in [3.05, 3.63) is 65.7 Å². The lowest BCUT2D eigenvalue weighted by atomic mass is 10.1. The Morgan fingerprint density at radius 3 is 2.33 bits per heavy atom. The fraction of sp³-hybridized carbons (Fsp3) is 0.364. The van der Waals surface area contributed by atoms with Gasteiger partial charge in [-0.3, -0.25) is 9.59 Å². The Bertz CT molecular complexity index is 746. The molecule has 0 heterocycles. The molecule has 1 N–H and O–H groups in total. The molecular weight excluding hydrogens is 340 g/mol. The summed E-state index contributed by atoms with van der Waals surface area (Å²) >= 11 is 0. The van der Waals surface area contributed by atoms with Gasteiger partial charge in [-0.05, 0) is 37.5 Å². The predicted molar refractivity (Wildman–Crippen MR) is 106 cm³/mol. The maximum Gasteiger partial charge on any atom is 0.261 e. The van der Waals surface area contributed by atoms with E-state index in [2.05, 4.69) is 5.32 Å². The number of carbonyl (C=O) groups excluding carboxylic acids is 2. The van der Waals surface area contributed by atoms with E-state index in [1.54, 1.807) is 4.90 Å². The second kappa shape index (κ2) is 10.4. The molecule has 144 valence electrons. The summed E-state index contributed by atoms with van der Waals surface area (Å²) in [6.45, 7) is 6.51. The Kier molecular flexibility index (Phi) is 7.86. The van der Waals surface area contributed by atoms with Crippen LogP contribution in [0.25, 0.3) is 0 Å². The lowest BCUT2D eigenvalue weighted by molar-refractivity contribution is -0.142. The van der Waals surface area contributed by atoms with Crippen molar-refractivity contribution in [2.24, 2.45) is 0 Å². The molecule has 0 bridgehead atoms. The van der Waals surface area contributed by atoms with Crippen LogP contribution in [0.1, 0.15) is 31.4 Å². The zero-order chi connectivity index (χ0) is 19.6. The Morgan fingerprint density at radius 1 is 1.04 bits per heavy atom. The molecule has 0 saturated heterocycles. The van der Waals surface area contributed by atoms with Crippen molar-refractivity contribution in [3.63, 3.8) is 0 Å². The molecular formula is C22H28N2O3. The van der Waals surface area contributed by atoms with Crippen LogP contribution in [-0.4, -0.2) is 35.9 Å². The van der Waals surface area contributed by atoms with E-state index in [0.717, 1.165) is 11.1 Å². The van der Waals surface area contributed by atoms with Gasteiger partial charge in [0.25, 0.3) is 5.91 Å². The summed E-state index contributed by atoms with van der Waals surface area (Å²) in [5, 5.41) is 2.83. The summed E-state index contributed by atoms with van der Waals surface area (Å²) < 4.78 is 5.73. The van der Waals surface area contributed by atoms with Crippen molar-refractivity contribution >= 4 is 11.8 Å². The van der Waals surface area contributed by atoms with Gasteiger partial charge in [0.05, 0.1) is 0 Å². The van der Waals surface area contributed by atoms with Crippen LogP contribution in [0, 0.1) is 6.92 Å². The van der Waals surface area contributed by atoms with E-state index < -0.39 is 6.04 Å². The fourth-order valence-corrected chi connectivity index (χ4v) is 2.93. The second-order valence-electron chi connectivity index (χ2n) is 6.38. The Labute approximate surface area is 161 Å². The van der Waals surface area contributed by atoms with E-state index in [1.165, 1.54) is 0 Å². The largest absolute Gasteiger partial charge is 0.484 e. The van der Waals surface area contributed by atoms with Crippen LogP contribution in [0.4, 0.5) is 0 Å². The predicted octanol–water partition coefficient (Wildman–Crippen LogP) is 3.32. The highest BCUT2D eigenvalue weighted by Gasteiger charge is 2.28. The molecule has 0 aliphatic carbocycles. The number of benzene rings is 2. The third kappa shape index (κ3) is 5.84. The highest BCUT2D eigenvalue weighted by Crippen LogP contribution is 2.17. The Morgan fingerprint density at radius 2 is 1.70 bits per heavy atom. The standard InChI is InChI=1S/C22H28N2O3/c1-4-19(22(26)23-5-2)24(15-18-12-7-6-8-13-18)21(25)16-27-20-14-10-9-11-17(20)3/h6-14,19H,4-5,15-16H2,1-3H3,(H,23,26). The molecule has 27 heavy (non-hydrogen) atoms. The number of hydrogen-bond donors (Lipinski definition) is 1. The van der Waals surface area contributed by atoms with E-state index in [-0.39, 0.29) is 18.4 Å². The van der Waals surface area contributed by atoms with Gasteiger partial charge in [-0.25, -0.2) is 0 Å². The van der Waals surface area contributed by atoms with Gasteiger partial charge in [-0.2, -0.15) is 0 Å². The van der Waals surface area contributed by atoms with Crippen molar-refractivity contribution in [1.29, 1.82) is 0 Å². The monoisotopic (exact) mass is 368 g/mol. The summed E-state index contributed by atoms with van der Waals surface area (Å²) in [7, 11) is 0. The van der Waals surface area contributed by atoms with Gasteiger partial charge in [0.15, 0.2) is 6.61 Å². The minimum absolute atomic E-state index is 0.104. The molecule has 0 aromatic heterocycles. The highest BCUT2D eigenvalue weighted by atomic mass is 16.5. The van der Waals surface area contributed by atoms with E-state index in [0.29, 0.717) is 25.3 Å². The maximum absolute atomic E-state index is 13.0. The first-order chi connectivity index (χ1) is 13.1. The molecule has 0 fully saturated rings. The molecule has 2 rings (SSSR count). The Balaban J connectivity index is 2.17. The molecule has 1 unspecified atom stereocenters. The van der Waals surface area contributed by atoms with E-state index in [4.69, 9.17) is 4.74 Å². The zero-order valence-electron chi connectivity index (χ0n) is 16.3. The zero-order valence-corrected chi connectivity index (χ0v) is 16.3. The summed E-state index contributed by atoms with van der Waals surface area (Å²) in [6.07, 6.45) is 0.536. The number of nitrogens with zero attached hydrogens (tertiary/aromatic N) is 1. The minimum Gasteiger partial charge on any atom is -0.484 e. The highest BCUT2D eigenvalue weighted by molar-refractivity contribution is 5.88. The first-order valence-electron chi connectivity index (χ1n) is 9.36. The van der Waals surface area contributed by atoms with Gasteiger partial charge < -0.3 is 15.0 Å². The lowest BCUT2D eigenvalue weighted by Crippen LogP contribution is -2.50. The third-order valence-electron chi connectivity index (χ3n) is 4.38. The second-order valence-corrected chi connectivity index (χ2v) is 6.38. The topological polar surface area (TPSA) is 58.6 Å². The molecule has 0 spiro atoms. The van der Waals surface area contributed by atoms with Crippen molar-refractivity contribution < 1.29 is 14.3 Å². The van der Waals surface area contributed by atoms with Crippen LogP contribution in [0.5, 0.6) is 5.75 Å². The molecule has 0 aliphatic heterocycles. The summed E-state index contributed by atoms with van der Waals surface area (Å²) in [5.41, 5.74) is 1.94. The van der Waals surface area contributed by atoms with Crippen LogP contribution in [-0.2, 0) is 16.1 Å². The van der Waals surface area contributed by atoms with Crippen LogP contribution >= 0.6 is 0 Å². The van der Waals surface area contributed by atoms with Crippen LogP contribution in [0.15, 0.2) is 54.6 Å². The number of ether oxygens (including phenoxy) is 1. The van der Waals surface area contributed by atoms with Crippen LogP contribution < -0.4 is 10.1 Å². The average molecular weight is 368 g/mol. The number of amides is 2. The van der Waals surface area contributed by atoms with Crippen LogP contribution in [0.2, 0.25) is 0 Å².